The molecule has 0 aromatic heterocycles. The number of nitrogens with zero attached hydrogens (tertiary/aromatic N) is 1. The number of aryl methyl sites for hydroxylation is 1. The fraction of sp³-hybridized carbons (Fsp3) is 0.571. The van der Waals surface area contributed by atoms with E-state index in [0.29, 0.717) is 28.4 Å². The molecule has 1 aliphatic rings. The van der Waals surface area contributed by atoms with Gasteiger partial charge in [0.05, 0.1) is 11.5 Å². The predicted octanol–water partition coefficient (Wildman–Crippen LogP) is 2.80. The lowest BCUT2D eigenvalue weighted by molar-refractivity contribution is 0.117. The number of sulfonamides is 1. The molecule has 4 nitrogen and oxygen atoms in total. The molecule has 2 rings (SSSR count). The van der Waals surface area contributed by atoms with Gasteiger partial charge in [0.15, 0.2) is 0 Å². The quantitative estimate of drug-likeness (QED) is 0.701. The molecule has 0 aliphatic heterocycles. The van der Waals surface area contributed by atoms with Crippen molar-refractivity contribution < 1.29 is 13.2 Å². The Morgan fingerprint density at radius 1 is 1.40 bits per heavy atom. The predicted molar refractivity (Wildman–Crippen MR) is 82.2 cm³/mol. The van der Waals surface area contributed by atoms with Crippen LogP contribution in [0.5, 0.6) is 0 Å². The van der Waals surface area contributed by atoms with Crippen LogP contribution in [0.2, 0.25) is 0 Å². The maximum atomic E-state index is 12.4. The third kappa shape index (κ3) is 4.04. The summed E-state index contributed by atoms with van der Waals surface area (Å²) in [5, 5.41) is 0. The minimum Gasteiger partial charge on any atom is -0.380 e. The lowest BCUT2D eigenvalue weighted by Gasteiger charge is -2.18. The molecule has 0 amide bonds. The Hall–Kier alpha value is -0.430. The van der Waals surface area contributed by atoms with Crippen LogP contribution in [0, 0.1) is 12.8 Å². The lowest BCUT2D eigenvalue weighted by Crippen LogP contribution is -2.30. The average Bonchev–Trinajstić information content (AvgIpc) is 3.17. The summed E-state index contributed by atoms with van der Waals surface area (Å²) < 4.78 is 32.3. The highest BCUT2D eigenvalue weighted by molar-refractivity contribution is 9.10. The second kappa shape index (κ2) is 6.56. The molecule has 0 radical (unpaired) electrons. The molecule has 0 spiro atoms. The van der Waals surface area contributed by atoms with Gasteiger partial charge in [-0.25, -0.2) is 8.42 Å². The van der Waals surface area contributed by atoms with E-state index in [-0.39, 0.29) is 0 Å². The number of likely N-dealkylation sites (N-methyl/N-ethyl adjacent to an activating group) is 1. The Balaban J connectivity index is 1.96. The summed E-state index contributed by atoms with van der Waals surface area (Å²) in [5.74, 6) is 0.697. The van der Waals surface area contributed by atoms with Crippen molar-refractivity contribution in [3.63, 3.8) is 0 Å². The van der Waals surface area contributed by atoms with Crippen molar-refractivity contribution in [1.29, 1.82) is 0 Å². The number of hydrogen-bond donors (Lipinski definition) is 0. The molecule has 0 atom stereocenters. The molecular weight excluding hydrogens is 342 g/mol. The van der Waals surface area contributed by atoms with Gasteiger partial charge in [-0.05, 0) is 59.3 Å². The largest absolute Gasteiger partial charge is 0.380 e. The number of ether oxygens (including phenoxy) is 1. The first-order valence-corrected chi connectivity index (χ1v) is 8.95. The summed E-state index contributed by atoms with van der Waals surface area (Å²) in [6.07, 6.45) is 2.48. The first kappa shape index (κ1) is 15.9. The number of benzene rings is 1. The van der Waals surface area contributed by atoms with E-state index >= 15 is 0 Å². The Labute approximate surface area is 129 Å². The molecule has 0 saturated heterocycles. The van der Waals surface area contributed by atoms with E-state index in [9.17, 15) is 8.42 Å². The molecule has 0 bridgehead atoms. The molecule has 1 fully saturated rings. The molecule has 1 saturated carbocycles. The summed E-state index contributed by atoms with van der Waals surface area (Å²) in [6, 6.07) is 5.25. The van der Waals surface area contributed by atoms with Gasteiger partial charge in [0, 0.05) is 24.7 Å². The Morgan fingerprint density at radius 3 is 2.70 bits per heavy atom. The van der Waals surface area contributed by atoms with Crippen LogP contribution in [0.25, 0.3) is 0 Å². The highest BCUT2D eigenvalue weighted by Gasteiger charge is 2.24. The van der Waals surface area contributed by atoms with Gasteiger partial charge in [-0.2, -0.15) is 4.31 Å². The molecule has 6 heteroatoms. The molecular formula is C14H20BrNO3S. The monoisotopic (exact) mass is 361 g/mol. The zero-order chi connectivity index (χ0) is 14.8. The lowest BCUT2D eigenvalue weighted by atomic mass is 10.2. The normalized spacial score (nSPS) is 15.8. The van der Waals surface area contributed by atoms with Crippen molar-refractivity contribution in [1.82, 2.24) is 4.31 Å². The van der Waals surface area contributed by atoms with Crippen molar-refractivity contribution in [2.24, 2.45) is 5.92 Å². The van der Waals surface area contributed by atoms with Crippen molar-refractivity contribution in [3.8, 4) is 0 Å². The minimum absolute atomic E-state index is 0.299. The van der Waals surface area contributed by atoms with Crippen LogP contribution in [0.4, 0.5) is 0 Å². The molecule has 1 aliphatic carbocycles. The summed E-state index contributed by atoms with van der Waals surface area (Å²) in [4.78, 5) is 0.299. The van der Waals surface area contributed by atoms with E-state index in [2.05, 4.69) is 15.9 Å². The van der Waals surface area contributed by atoms with E-state index in [4.69, 9.17) is 4.74 Å². The minimum atomic E-state index is -3.47. The van der Waals surface area contributed by atoms with E-state index in [1.54, 1.807) is 19.2 Å². The van der Waals surface area contributed by atoms with Crippen LogP contribution < -0.4 is 0 Å². The van der Waals surface area contributed by atoms with Crippen LogP contribution in [-0.2, 0) is 14.8 Å². The molecule has 0 N–H and O–H groups in total. The van der Waals surface area contributed by atoms with Gasteiger partial charge >= 0.3 is 0 Å². The topological polar surface area (TPSA) is 46.6 Å². The first-order valence-electron chi connectivity index (χ1n) is 6.71. The van der Waals surface area contributed by atoms with Gasteiger partial charge in [-0.3, -0.25) is 0 Å². The van der Waals surface area contributed by atoms with E-state index in [0.717, 1.165) is 12.2 Å². The maximum absolute atomic E-state index is 12.4. The van der Waals surface area contributed by atoms with Crippen LogP contribution >= 0.6 is 15.9 Å². The fourth-order valence-corrected chi connectivity index (χ4v) is 4.13. The molecule has 112 valence electrons. The van der Waals surface area contributed by atoms with Gasteiger partial charge in [0.1, 0.15) is 0 Å². The van der Waals surface area contributed by atoms with E-state index in [1.807, 2.05) is 13.0 Å². The van der Waals surface area contributed by atoms with Crippen LogP contribution in [-0.4, -0.2) is 39.5 Å². The van der Waals surface area contributed by atoms with Crippen LogP contribution in [0.1, 0.15) is 18.4 Å². The van der Waals surface area contributed by atoms with Gasteiger partial charge in [0.2, 0.25) is 10.0 Å². The average molecular weight is 362 g/mol. The second-order valence-corrected chi connectivity index (χ2v) is 8.15. The Morgan fingerprint density at radius 2 is 2.10 bits per heavy atom. The molecule has 1 aromatic carbocycles. The number of rotatable bonds is 7. The van der Waals surface area contributed by atoms with E-state index in [1.165, 1.54) is 17.1 Å². The van der Waals surface area contributed by atoms with Crippen molar-refractivity contribution in [2.45, 2.75) is 24.7 Å². The SMILES string of the molecule is Cc1ccc(S(=O)(=O)N(C)CCOCC2CC2)c(Br)c1. The summed E-state index contributed by atoms with van der Waals surface area (Å²) in [5.41, 5.74) is 1.02. The highest BCUT2D eigenvalue weighted by atomic mass is 79.9. The smallest absolute Gasteiger partial charge is 0.244 e. The van der Waals surface area contributed by atoms with Gasteiger partial charge in [0.25, 0.3) is 0 Å². The van der Waals surface area contributed by atoms with Gasteiger partial charge in [-0.1, -0.05) is 6.07 Å². The number of hydrogen-bond acceptors (Lipinski definition) is 3. The summed E-state index contributed by atoms with van der Waals surface area (Å²) >= 11 is 3.32. The third-order valence-corrected chi connectivity index (χ3v) is 6.21. The fourth-order valence-electron chi connectivity index (χ4n) is 1.83. The second-order valence-electron chi connectivity index (χ2n) is 5.28. The molecule has 1 aromatic rings. The Kier molecular flexibility index (Phi) is 5.23. The molecule has 0 unspecified atom stereocenters. The summed E-state index contributed by atoms with van der Waals surface area (Å²) in [6.45, 7) is 3.49. The summed E-state index contributed by atoms with van der Waals surface area (Å²) in [7, 11) is -1.88. The van der Waals surface area contributed by atoms with Crippen LogP contribution in [0.3, 0.4) is 0 Å². The molecule has 0 heterocycles. The van der Waals surface area contributed by atoms with Crippen molar-refractivity contribution in [3.05, 3.63) is 28.2 Å². The zero-order valence-electron chi connectivity index (χ0n) is 11.8. The third-order valence-electron chi connectivity index (χ3n) is 3.38. The zero-order valence-corrected chi connectivity index (χ0v) is 14.2. The van der Waals surface area contributed by atoms with Crippen molar-refractivity contribution in [2.75, 3.05) is 26.8 Å². The first-order chi connectivity index (χ1) is 9.41. The Bertz CT molecular complexity index is 570. The van der Waals surface area contributed by atoms with Gasteiger partial charge < -0.3 is 4.74 Å². The number of halogens is 1. The van der Waals surface area contributed by atoms with E-state index < -0.39 is 10.0 Å². The van der Waals surface area contributed by atoms with Gasteiger partial charge in [-0.15, -0.1) is 0 Å². The van der Waals surface area contributed by atoms with Crippen molar-refractivity contribution >= 4 is 26.0 Å². The molecule has 20 heavy (non-hydrogen) atoms. The highest BCUT2D eigenvalue weighted by Crippen LogP contribution is 2.29. The standard InChI is InChI=1S/C14H20BrNO3S/c1-11-3-6-14(13(15)9-11)20(17,18)16(2)7-8-19-10-12-4-5-12/h3,6,9,12H,4-5,7-8,10H2,1-2H3. The maximum Gasteiger partial charge on any atom is 0.244 e. The van der Waals surface area contributed by atoms with Crippen LogP contribution in [0.15, 0.2) is 27.6 Å².